The van der Waals surface area contributed by atoms with Gasteiger partial charge in [0.25, 0.3) is 0 Å². The number of aliphatic imine (C=N–C) groups is 1. The zero-order chi connectivity index (χ0) is 23.0. The molecule has 0 saturated carbocycles. The smallest absolute Gasteiger partial charge is 0.229 e. The van der Waals surface area contributed by atoms with Crippen LogP contribution >= 0.6 is 12.2 Å². The van der Waals surface area contributed by atoms with Crippen molar-refractivity contribution in [2.45, 2.75) is 27.7 Å². The average molecular weight is 447 g/mol. The van der Waals surface area contributed by atoms with Gasteiger partial charge in [-0.25, -0.2) is 9.97 Å². The number of nitrogens with zero attached hydrogens (tertiary/aromatic N) is 3. The monoisotopic (exact) mass is 446 g/mol. The van der Waals surface area contributed by atoms with Crippen LogP contribution in [0.2, 0.25) is 0 Å². The molecule has 0 radical (unpaired) electrons. The Morgan fingerprint density at radius 1 is 0.968 bits per heavy atom. The van der Waals surface area contributed by atoms with E-state index in [1.807, 2.05) is 19.9 Å². The highest BCUT2D eigenvalue weighted by Gasteiger charge is 2.14. The number of nitrogens with one attached hydrogen (secondary N) is 3. The number of benzene rings is 1. The van der Waals surface area contributed by atoms with Gasteiger partial charge in [0.2, 0.25) is 17.7 Å². The van der Waals surface area contributed by atoms with Crippen molar-refractivity contribution in [2.75, 3.05) is 38.5 Å². The number of aryl methyl sites for hydroxylation is 2. The van der Waals surface area contributed by atoms with E-state index in [9.17, 15) is 0 Å². The first kappa shape index (κ1) is 24.1. The van der Waals surface area contributed by atoms with E-state index in [0.717, 1.165) is 11.4 Å². The van der Waals surface area contributed by atoms with Crippen LogP contribution in [0.4, 0.5) is 11.6 Å². The van der Waals surface area contributed by atoms with E-state index >= 15 is 0 Å². The molecular formula is C21H30N6O3S. The maximum absolute atomic E-state index is 5.48. The standard InChI is InChI=1S/C21H30N6O3S/c1-12(2)11-22-19(26-20-23-13(3)8-14(4)24-20)27-21(31)25-15-9-16(28-5)18(30-7)17(10-15)29-6/h8-10,12H,11H2,1-7H3,(H3,22,23,24,25,26,27,31). The fraction of sp³-hybridized carbons (Fsp3) is 0.429. The Hall–Kier alpha value is -3.14. The molecule has 168 valence electrons. The van der Waals surface area contributed by atoms with Gasteiger partial charge in [0.15, 0.2) is 16.6 Å². The Bertz CT molecular complexity index is 903. The first-order chi connectivity index (χ1) is 14.7. The molecule has 2 aromatic rings. The largest absolute Gasteiger partial charge is 0.493 e. The van der Waals surface area contributed by atoms with Crippen LogP contribution in [0, 0.1) is 19.8 Å². The van der Waals surface area contributed by atoms with E-state index in [-0.39, 0.29) is 0 Å². The Morgan fingerprint density at radius 2 is 1.55 bits per heavy atom. The third-order valence-corrected chi connectivity index (χ3v) is 4.19. The summed E-state index contributed by atoms with van der Waals surface area (Å²) in [7, 11) is 4.67. The van der Waals surface area contributed by atoms with E-state index in [2.05, 4.69) is 44.8 Å². The molecule has 9 nitrogen and oxygen atoms in total. The Morgan fingerprint density at radius 3 is 2.03 bits per heavy atom. The second-order valence-corrected chi connectivity index (χ2v) is 7.58. The molecule has 0 spiro atoms. The molecule has 0 saturated heterocycles. The Labute approximate surface area is 188 Å². The van der Waals surface area contributed by atoms with Gasteiger partial charge in [-0.3, -0.25) is 10.3 Å². The molecule has 0 fully saturated rings. The number of anilines is 2. The summed E-state index contributed by atoms with van der Waals surface area (Å²) in [6, 6.07) is 5.43. The van der Waals surface area contributed by atoms with Gasteiger partial charge in [0.1, 0.15) is 0 Å². The van der Waals surface area contributed by atoms with Crippen LogP contribution in [0.3, 0.4) is 0 Å². The van der Waals surface area contributed by atoms with E-state index in [0.29, 0.717) is 52.4 Å². The molecule has 0 amide bonds. The van der Waals surface area contributed by atoms with Gasteiger partial charge in [-0.1, -0.05) is 13.8 Å². The van der Waals surface area contributed by atoms with Crippen LogP contribution < -0.4 is 30.2 Å². The van der Waals surface area contributed by atoms with Crippen LogP contribution in [-0.2, 0) is 0 Å². The third-order valence-electron chi connectivity index (χ3n) is 3.98. The molecule has 3 N–H and O–H groups in total. The zero-order valence-electron chi connectivity index (χ0n) is 19.0. The fourth-order valence-electron chi connectivity index (χ4n) is 2.70. The van der Waals surface area contributed by atoms with Crippen molar-refractivity contribution in [1.82, 2.24) is 15.3 Å². The summed E-state index contributed by atoms with van der Waals surface area (Å²) < 4.78 is 16.1. The minimum absolute atomic E-state index is 0.327. The fourth-order valence-corrected chi connectivity index (χ4v) is 2.91. The SMILES string of the molecule is COc1cc(NC(=S)NC(=NCC(C)C)Nc2nc(C)cc(C)n2)cc(OC)c1OC. The van der Waals surface area contributed by atoms with Crippen molar-refractivity contribution in [2.24, 2.45) is 10.9 Å². The molecule has 2 rings (SSSR count). The number of ether oxygens (including phenoxy) is 3. The van der Waals surface area contributed by atoms with Crippen LogP contribution in [0.5, 0.6) is 17.2 Å². The van der Waals surface area contributed by atoms with Crippen molar-refractivity contribution >= 4 is 34.9 Å². The maximum Gasteiger partial charge on any atom is 0.229 e. The Balaban J connectivity index is 2.21. The summed E-state index contributed by atoms with van der Waals surface area (Å²) in [6.45, 7) is 8.60. The van der Waals surface area contributed by atoms with Gasteiger partial charge in [-0.2, -0.15) is 0 Å². The molecule has 31 heavy (non-hydrogen) atoms. The van der Waals surface area contributed by atoms with Gasteiger partial charge in [0.05, 0.1) is 21.3 Å². The molecule has 10 heteroatoms. The van der Waals surface area contributed by atoms with Gasteiger partial charge >= 0.3 is 0 Å². The van der Waals surface area contributed by atoms with Gasteiger partial charge in [0, 0.05) is 35.8 Å². The number of thiocarbonyl (C=S) groups is 1. The first-order valence-electron chi connectivity index (χ1n) is 9.77. The lowest BCUT2D eigenvalue weighted by atomic mass is 10.2. The Kier molecular flexibility index (Phi) is 8.80. The van der Waals surface area contributed by atoms with Crippen molar-refractivity contribution in [3.8, 4) is 17.2 Å². The second-order valence-electron chi connectivity index (χ2n) is 7.18. The van der Waals surface area contributed by atoms with Gasteiger partial charge in [-0.05, 0) is 38.0 Å². The van der Waals surface area contributed by atoms with E-state index in [1.54, 1.807) is 33.5 Å². The number of hydrogen-bond acceptors (Lipinski definition) is 7. The zero-order valence-corrected chi connectivity index (χ0v) is 19.8. The van der Waals surface area contributed by atoms with Crippen LogP contribution in [0.15, 0.2) is 23.2 Å². The first-order valence-corrected chi connectivity index (χ1v) is 10.2. The number of guanidine groups is 1. The summed E-state index contributed by atoms with van der Waals surface area (Å²) in [5, 5.41) is 9.63. The summed E-state index contributed by atoms with van der Waals surface area (Å²) >= 11 is 5.48. The normalized spacial score (nSPS) is 11.2. The summed E-state index contributed by atoms with van der Waals surface area (Å²) in [5.41, 5.74) is 2.38. The van der Waals surface area contributed by atoms with Gasteiger partial charge in [-0.15, -0.1) is 0 Å². The molecule has 1 aromatic heterocycles. The molecule has 0 bridgehead atoms. The number of methoxy groups -OCH3 is 3. The molecular weight excluding hydrogens is 416 g/mol. The topological polar surface area (TPSA) is 102 Å². The van der Waals surface area contributed by atoms with E-state index in [4.69, 9.17) is 26.4 Å². The van der Waals surface area contributed by atoms with Crippen molar-refractivity contribution < 1.29 is 14.2 Å². The molecule has 0 aliphatic carbocycles. The summed E-state index contributed by atoms with van der Waals surface area (Å²) in [5.74, 6) is 2.80. The predicted molar refractivity (Wildman–Crippen MR) is 128 cm³/mol. The maximum atomic E-state index is 5.48. The van der Waals surface area contributed by atoms with Crippen molar-refractivity contribution in [1.29, 1.82) is 0 Å². The summed E-state index contributed by atoms with van der Waals surface area (Å²) in [6.07, 6.45) is 0. The highest BCUT2D eigenvalue weighted by Crippen LogP contribution is 2.39. The number of hydrogen-bond donors (Lipinski definition) is 3. The second kappa shape index (κ2) is 11.3. The average Bonchev–Trinajstić information content (AvgIpc) is 2.70. The van der Waals surface area contributed by atoms with Crippen LogP contribution in [0.25, 0.3) is 0 Å². The van der Waals surface area contributed by atoms with Gasteiger partial charge < -0.3 is 24.8 Å². The molecule has 0 aliphatic heterocycles. The van der Waals surface area contributed by atoms with Crippen LogP contribution in [-0.4, -0.2) is 48.9 Å². The van der Waals surface area contributed by atoms with E-state index < -0.39 is 0 Å². The van der Waals surface area contributed by atoms with E-state index in [1.165, 1.54) is 0 Å². The lowest BCUT2D eigenvalue weighted by Crippen LogP contribution is -2.39. The van der Waals surface area contributed by atoms with Crippen molar-refractivity contribution in [3.05, 3.63) is 29.6 Å². The number of rotatable bonds is 7. The quantitative estimate of drug-likeness (QED) is 0.335. The third kappa shape index (κ3) is 7.25. The minimum Gasteiger partial charge on any atom is -0.493 e. The lowest BCUT2D eigenvalue weighted by Gasteiger charge is -2.17. The molecule has 0 unspecified atom stereocenters. The number of aromatic nitrogens is 2. The molecule has 0 aliphatic rings. The highest BCUT2D eigenvalue weighted by molar-refractivity contribution is 7.80. The van der Waals surface area contributed by atoms with Crippen molar-refractivity contribution in [3.63, 3.8) is 0 Å². The minimum atomic E-state index is 0.327. The van der Waals surface area contributed by atoms with Crippen LogP contribution in [0.1, 0.15) is 25.2 Å². The summed E-state index contributed by atoms with van der Waals surface area (Å²) in [4.78, 5) is 13.4. The highest BCUT2D eigenvalue weighted by atomic mass is 32.1. The molecule has 1 heterocycles. The predicted octanol–water partition coefficient (Wildman–Crippen LogP) is 3.53. The molecule has 0 atom stereocenters. The lowest BCUT2D eigenvalue weighted by molar-refractivity contribution is 0.324. The molecule has 1 aromatic carbocycles.